The molecule has 0 spiro atoms. The van der Waals surface area contributed by atoms with Crippen molar-refractivity contribution in [3.05, 3.63) is 29.8 Å². The maximum atomic E-state index is 12.5. The molecule has 3 rings (SSSR count). The van der Waals surface area contributed by atoms with Gasteiger partial charge in [-0.25, -0.2) is 0 Å². The Kier molecular flexibility index (Phi) is 9.22. The number of amides is 1. The van der Waals surface area contributed by atoms with Crippen LogP contribution in [0.25, 0.3) is 0 Å². The van der Waals surface area contributed by atoms with Gasteiger partial charge in [-0.3, -0.25) is 9.69 Å². The summed E-state index contributed by atoms with van der Waals surface area (Å²) in [5, 5.41) is 3.05. The fraction of sp³-hybridized carbons (Fsp3) is 0.632. The molecule has 142 valence electrons. The average Bonchev–Trinajstić information content (AvgIpc) is 2.57. The third kappa shape index (κ3) is 6.14. The molecule has 1 saturated heterocycles. The van der Waals surface area contributed by atoms with Crippen molar-refractivity contribution in [2.24, 2.45) is 5.73 Å². The molecule has 1 saturated carbocycles. The molecule has 2 aliphatic rings. The summed E-state index contributed by atoms with van der Waals surface area (Å²) in [5.74, 6) is -0.0210. The van der Waals surface area contributed by atoms with Gasteiger partial charge in [0.1, 0.15) is 0 Å². The number of carbonyl (C=O) groups is 1. The van der Waals surface area contributed by atoms with Gasteiger partial charge in [0.25, 0.3) is 0 Å². The highest BCUT2D eigenvalue weighted by molar-refractivity contribution is 5.98. The number of nitrogens with zero attached hydrogens (tertiary/aromatic N) is 1. The Morgan fingerprint density at radius 3 is 2.36 bits per heavy atom. The minimum Gasteiger partial charge on any atom is -0.324 e. The highest BCUT2D eigenvalue weighted by Crippen LogP contribution is 2.27. The van der Waals surface area contributed by atoms with Crippen molar-refractivity contribution in [1.82, 2.24) is 4.90 Å². The fourth-order valence-corrected chi connectivity index (χ4v) is 3.79. The van der Waals surface area contributed by atoms with Crippen LogP contribution >= 0.6 is 24.8 Å². The lowest BCUT2D eigenvalue weighted by Crippen LogP contribution is -2.52. The second-order valence-corrected chi connectivity index (χ2v) is 7.21. The predicted molar refractivity (Wildman–Crippen MR) is 109 cm³/mol. The number of hydrogen-bond acceptors (Lipinski definition) is 3. The number of anilines is 1. The van der Waals surface area contributed by atoms with E-state index in [9.17, 15) is 4.79 Å². The molecule has 0 radical (unpaired) electrons. The molecule has 0 atom stereocenters. The number of piperidine rings is 1. The van der Waals surface area contributed by atoms with E-state index in [4.69, 9.17) is 5.73 Å². The second-order valence-electron chi connectivity index (χ2n) is 7.21. The highest BCUT2D eigenvalue weighted by atomic mass is 35.5. The quantitative estimate of drug-likeness (QED) is 0.816. The van der Waals surface area contributed by atoms with E-state index in [-0.39, 0.29) is 30.7 Å². The van der Waals surface area contributed by atoms with E-state index in [0.29, 0.717) is 0 Å². The van der Waals surface area contributed by atoms with Crippen LogP contribution in [-0.4, -0.2) is 29.4 Å². The number of benzene rings is 1. The second kappa shape index (κ2) is 10.4. The van der Waals surface area contributed by atoms with E-state index in [1.807, 2.05) is 12.1 Å². The third-order valence-corrected chi connectivity index (χ3v) is 5.24. The number of nitrogens with one attached hydrogen (secondary N) is 1. The van der Waals surface area contributed by atoms with Crippen LogP contribution in [0.5, 0.6) is 0 Å². The first kappa shape index (κ1) is 22.2. The van der Waals surface area contributed by atoms with Crippen LogP contribution < -0.4 is 11.1 Å². The van der Waals surface area contributed by atoms with Gasteiger partial charge in [0.15, 0.2) is 0 Å². The van der Waals surface area contributed by atoms with Crippen molar-refractivity contribution < 1.29 is 4.79 Å². The maximum Gasteiger partial charge on any atom is 0.244 e. The van der Waals surface area contributed by atoms with E-state index < -0.39 is 5.54 Å². The smallest absolute Gasteiger partial charge is 0.244 e. The molecular weight excluding hydrogens is 357 g/mol. The Morgan fingerprint density at radius 2 is 1.68 bits per heavy atom. The lowest BCUT2D eigenvalue weighted by molar-refractivity contribution is -0.122. The Bertz CT molecular complexity index is 541. The zero-order valence-corrected chi connectivity index (χ0v) is 16.5. The number of halogens is 2. The first-order valence-electron chi connectivity index (χ1n) is 9.07. The summed E-state index contributed by atoms with van der Waals surface area (Å²) in [7, 11) is 0. The lowest BCUT2D eigenvalue weighted by Gasteiger charge is -2.32. The molecule has 25 heavy (non-hydrogen) atoms. The molecule has 4 nitrogen and oxygen atoms in total. The molecule has 0 aromatic heterocycles. The minimum atomic E-state index is -0.679. The lowest BCUT2D eigenvalue weighted by atomic mass is 9.82. The summed E-state index contributed by atoms with van der Waals surface area (Å²) >= 11 is 0. The Morgan fingerprint density at radius 1 is 1.04 bits per heavy atom. The summed E-state index contributed by atoms with van der Waals surface area (Å²) in [6, 6.07) is 8.23. The van der Waals surface area contributed by atoms with Crippen LogP contribution in [0.1, 0.15) is 56.9 Å². The molecule has 0 bridgehead atoms. The van der Waals surface area contributed by atoms with Crippen molar-refractivity contribution >= 4 is 36.4 Å². The van der Waals surface area contributed by atoms with Crippen LogP contribution in [0.15, 0.2) is 24.3 Å². The molecule has 6 heteroatoms. The van der Waals surface area contributed by atoms with E-state index in [1.165, 1.54) is 44.3 Å². The molecule has 2 fully saturated rings. The van der Waals surface area contributed by atoms with Gasteiger partial charge in [0, 0.05) is 12.2 Å². The number of carbonyl (C=O) groups excluding carboxylic acids is 1. The van der Waals surface area contributed by atoms with Crippen LogP contribution in [0, 0.1) is 0 Å². The number of hydrogen-bond donors (Lipinski definition) is 2. The molecule has 1 heterocycles. The standard InChI is InChI=1S/C19H29N3O.2ClH/c20-19(10-3-1-4-11-19)18(23)21-17-9-7-8-16(14-17)15-22-12-5-2-6-13-22;;/h7-9,14H,1-6,10-13,15,20H2,(H,21,23);2*1H. The van der Waals surface area contributed by atoms with Gasteiger partial charge in [-0.05, 0) is 56.5 Å². The maximum absolute atomic E-state index is 12.5. The zero-order valence-electron chi connectivity index (χ0n) is 14.8. The molecule has 1 aliphatic carbocycles. The Balaban J connectivity index is 0.00000156. The monoisotopic (exact) mass is 387 g/mol. The first-order valence-corrected chi connectivity index (χ1v) is 9.07. The minimum absolute atomic E-state index is 0. The van der Waals surface area contributed by atoms with Crippen LogP contribution in [0.3, 0.4) is 0 Å². The van der Waals surface area contributed by atoms with Gasteiger partial charge in [-0.15, -0.1) is 24.8 Å². The third-order valence-electron chi connectivity index (χ3n) is 5.24. The summed E-state index contributed by atoms with van der Waals surface area (Å²) in [5.41, 5.74) is 7.78. The number of rotatable bonds is 4. The zero-order chi connectivity index (χ0) is 16.1. The molecule has 1 amide bonds. The fourth-order valence-electron chi connectivity index (χ4n) is 3.79. The molecule has 1 aromatic rings. The average molecular weight is 388 g/mol. The van der Waals surface area contributed by atoms with E-state index >= 15 is 0 Å². The van der Waals surface area contributed by atoms with Gasteiger partial charge in [-0.2, -0.15) is 0 Å². The van der Waals surface area contributed by atoms with Gasteiger partial charge >= 0.3 is 0 Å². The summed E-state index contributed by atoms with van der Waals surface area (Å²) in [4.78, 5) is 15.0. The summed E-state index contributed by atoms with van der Waals surface area (Å²) in [6.07, 6.45) is 8.84. The van der Waals surface area contributed by atoms with Gasteiger partial charge in [0.2, 0.25) is 5.91 Å². The summed E-state index contributed by atoms with van der Waals surface area (Å²) in [6.45, 7) is 3.34. The van der Waals surface area contributed by atoms with E-state index in [0.717, 1.165) is 37.9 Å². The molecule has 1 aliphatic heterocycles. The van der Waals surface area contributed by atoms with Crippen molar-refractivity contribution in [2.75, 3.05) is 18.4 Å². The van der Waals surface area contributed by atoms with Gasteiger partial charge in [0.05, 0.1) is 5.54 Å². The molecular formula is C19H31Cl2N3O. The van der Waals surface area contributed by atoms with Crippen LogP contribution in [0.2, 0.25) is 0 Å². The molecule has 0 unspecified atom stereocenters. The SMILES string of the molecule is Cl.Cl.NC1(C(=O)Nc2cccc(CN3CCCCC3)c2)CCCCC1. The highest BCUT2D eigenvalue weighted by Gasteiger charge is 2.35. The molecule has 3 N–H and O–H groups in total. The van der Waals surface area contributed by atoms with Crippen molar-refractivity contribution in [3.63, 3.8) is 0 Å². The van der Waals surface area contributed by atoms with Gasteiger partial charge in [-0.1, -0.05) is 37.8 Å². The van der Waals surface area contributed by atoms with Crippen molar-refractivity contribution in [2.45, 2.75) is 63.5 Å². The predicted octanol–water partition coefficient (Wildman–Crippen LogP) is 4.12. The largest absolute Gasteiger partial charge is 0.324 e. The van der Waals surface area contributed by atoms with E-state index in [1.54, 1.807) is 0 Å². The number of nitrogens with two attached hydrogens (primary N) is 1. The molecule has 1 aromatic carbocycles. The Labute approximate surface area is 163 Å². The van der Waals surface area contributed by atoms with Crippen LogP contribution in [0.4, 0.5) is 5.69 Å². The number of likely N-dealkylation sites (tertiary alicyclic amines) is 1. The normalized spacial score (nSPS) is 20.0. The Hall–Kier alpha value is -0.810. The first-order chi connectivity index (χ1) is 11.2. The van der Waals surface area contributed by atoms with Gasteiger partial charge < -0.3 is 11.1 Å². The van der Waals surface area contributed by atoms with E-state index in [2.05, 4.69) is 22.3 Å². The van der Waals surface area contributed by atoms with Crippen LogP contribution in [-0.2, 0) is 11.3 Å². The topological polar surface area (TPSA) is 58.4 Å². The van der Waals surface area contributed by atoms with Crippen molar-refractivity contribution in [3.8, 4) is 0 Å². The summed E-state index contributed by atoms with van der Waals surface area (Å²) < 4.78 is 0. The van der Waals surface area contributed by atoms with Crippen molar-refractivity contribution in [1.29, 1.82) is 0 Å².